The van der Waals surface area contributed by atoms with Crippen molar-refractivity contribution in [1.82, 2.24) is 5.32 Å². The van der Waals surface area contributed by atoms with Crippen molar-refractivity contribution in [2.24, 2.45) is 0 Å². The number of ether oxygens (including phenoxy) is 1. The van der Waals surface area contributed by atoms with Crippen molar-refractivity contribution >= 4 is 0 Å². The molecule has 1 atom stereocenters. The summed E-state index contributed by atoms with van der Waals surface area (Å²) in [5.74, 6) is 0.870. The zero-order valence-electron chi connectivity index (χ0n) is 13.7. The van der Waals surface area contributed by atoms with Gasteiger partial charge in [0.25, 0.3) is 0 Å². The van der Waals surface area contributed by atoms with E-state index in [0.717, 1.165) is 17.5 Å². The van der Waals surface area contributed by atoms with E-state index in [1.54, 1.807) is 13.0 Å². The van der Waals surface area contributed by atoms with Crippen molar-refractivity contribution in [1.29, 1.82) is 0 Å². The molecule has 3 N–H and O–H groups in total. The summed E-state index contributed by atoms with van der Waals surface area (Å²) in [6.07, 6.45) is 0.929. The highest BCUT2D eigenvalue weighted by Gasteiger charge is 2.22. The van der Waals surface area contributed by atoms with E-state index in [9.17, 15) is 10.2 Å². The minimum absolute atomic E-state index is 0.199. The second kappa shape index (κ2) is 7.99. The van der Waals surface area contributed by atoms with E-state index in [1.165, 1.54) is 0 Å². The molecule has 0 amide bonds. The van der Waals surface area contributed by atoms with Crippen LogP contribution in [0.2, 0.25) is 0 Å². The summed E-state index contributed by atoms with van der Waals surface area (Å²) in [6.45, 7) is 5.32. The van der Waals surface area contributed by atoms with Crippen LogP contribution in [-0.2, 0) is 12.1 Å². The lowest BCUT2D eigenvalue weighted by Gasteiger charge is -2.24. The van der Waals surface area contributed by atoms with E-state index in [-0.39, 0.29) is 5.75 Å². The molecule has 0 fully saturated rings. The highest BCUT2D eigenvalue weighted by Crippen LogP contribution is 2.24. The van der Waals surface area contributed by atoms with Gasteiger partial charge < -0.3 is 20.3 Å². The lowest BCUT2D eigenvalue weighted by molar-refractivity contribution is 0.0566. The van der Waals surface area contributed by atoms with Crippen LogP contribution in [0.1, 0.15) is 31.4 Å². The Hall–Kier alpha value is -2.04. The summed E-state index contributed by atoms with van der Waals surface area (Å²) in [5, 5.41) is 23.8. The maximum Gasteiger partial charge on any atom is 0.123 e. The number of nitrogens with one attached hydrogen (secondary N) is 1. The van der Waals surface area contributed by atoms with Gasteiger partial charge in [-0.1, -0.05) is 43.3 Å². The minimum atomic E-state index is -0.957. The van der Waals surface area contributed by atoms with Gasteiger partial charge in [0.15, 0.2) is 0 Å². The molecule has 0 radical (unpaired) electrons. The zero-order valence-corrected chi connectivity index (χ0v) is 13.7. The first-order valence-corrected chi connectivity index (χ1v) is 7.96. The van der Waals surface area contributed by atoms with Gasteiger partial charge in [0.1, 0.15) is 11.5 Å². The van der Waals surface area contributed by atoms with Gasteiger partial charge in [0.05, 0.1) is 12.2 Å². The Morgan fingerprint density at radius 3 is 2.52 bits per heavy atom. The monoisotopic (exact) mass is 315 g/mol. The normalized spacial score (nSPS) is 13.5. The molecule has 0 saturated carbocycles. The van der Waals surface area contributed by atoms with E-state index in [2.05, 4.69) is 5.32 Å². The van der Waals surface area contributed by atoms with Gasteiger partial charge >= 0.3 is 0 Å². The fourth-order valence-electron chi connectivity index (χ4n) is 2.34. The highest BCUT2D eigenvalue weighted by atomic mass is 16.5. The first kappa shape index (κ1) is 17.3. The Morgan fingerprint density at radius 1 is 1.13 bits per heavy atom. The fourth-order valence-corrected chi connectivity index (χ4v) is 2.34. The van der Waals surface area contributed by atoms with Gasteiger partial charge in [-0.25, -0.2) is 0 Å². The van der Waals surface area contributed by atoms with Crippen LogP contribution in [0, 0.1) is 0 Å². The molecule has 0 heterocycles. The topological polar surface area (TPSA) is 61.7 Å². The average Bonchev–Trinajstić information content (AvgIpc) is 2.55. The van der Waals surface area contributed by atoms with Crippen LogP contribution >= 0.6 is 0 Å². The van der Waals surface area contributed by atoms with Crippen molar-refractivity contribution in [3.05, 3.63) is 59.7 Å². The van der Waals surface area contributed by atoms with Crippen LogP contribution in [0.4, 0.5) is 0 Å². The number of phenols is 1. The summed E-state index contributed by atoms with van der Waals surface area (Å²) >= 11 is 0. The number of aliphatic hydroxyl groups is 1. The predicted molar refractivity (Wildman–Crippen MR) is 91.6 cm³/mol. The van der Waals surface area contributed by atoms with Crippen LogP contribution in [-0.4, -0.2) is 23.4 Å². The summed E-state index contributed by atoms with van der Waals surface area (Å²) in [5.41, 5.74) is 0.680. The highest BCUT2D eigenvalue weighted by molar-refractivity contribution is 5.39. The van der Waals surface area contributed by atoms with Crippen LogP contribution in [0.25, 0.3) is 0 Å². The molecule has 124 valence electrons. The Kier molecular flexibility index (Phi) is 6.02. The molecular weight excluding hydrogens is 290 g/mol. The largest absolute Gasteiger partial charge is 0.507 e. The molecule has 0 saturated heterocycles. The summed E-state index contributed by atoms with van der Waals surface area (Å²) in [7, 11) is 0. The second-order valence-corrected chi connectivity index (χ2v) is 5.88. The van der Waals surface area contributed by atoms with Gasteiger partial charge in [-0.05, 0) is 25.0 Å². The predicted octanol–water partition coefficient (Wildman–Crippen LogP) is 3.18. The molecule has 2 rings (SSSR count). The average molecular weight is 315 g/mol. The molecule has 4 heteroatoms. The molecule has 4 nitrogen and oxygen atoms in total. The molecule has 0 aromatic heterocycles. The van der Waals surface area contributed by atoms with Gasteiger partial charge in [-0.2, -0.15) is 0 Å². The standard InChI is InChI=1S/C19H25NO3/c1-3-11-23-17-10-9-15(18(21)12-17)13-20-14-19(2,22)16-7-5-4-6-8-16/h4-10,12,20-22H,3,11,13-14H2,1-2H3. The number of benzene rings is 2. The van der Waals surface area contributed by atoms with E-state index in [0.29, 0.717) is 25.4 Å². The molecule has 0 spiro atoms. The Bertz CT molecular complexity index is 611. The molecular formula is C19H25NO3. The number of rotatable bonds is 8. The molecule has 0 aliphatic rings. The Labute approximate surface area is 137 Å². The van der Waals surface area contributed by atoms with E-state index < -0.39 is 5.60 Å². The first-order valence-electron chi connectivity index (χ1n) is 7.96. The SMILES string of the molecule is CCCOc1ccc(CNCC(C)(O)c2ccccc2)c(O)c1. The molecule has 2 aromatic rings. The number of aromatic hydroxyl groups is 1. The summed E-state index contributed by atoms with van der Waals surface area (Å²) in [4.78, 5) is 0. The van der Waals surface area contributed by atoms with Crippen molar-refractivity contribution in [3.8, 4) is 11.5 Å². The van der Waals surface area contributed by atoms with E-state index in [4.69, 9.17) is 4.74 Å². The van der Waals surface area contributed by atoms with Crippen molar-refractivity contribution in [2.75, 3.05) is 13.2 Å². The smallest absolute Gasteiger partial charge is 0.123 e. The van der Waals surface area contributed by atoms with Gasteiger partial charge in [-0.15, -0.1) is 0 Å². The lowest BCUT2D eigenvalue weighted by Crippen LogP contribution is -2.35. The summed E-state index contributed by atoms with van der Waals surface area (Å²) < 4.78 is 5.49. The quantitative estimate of drug-likeness (QED) is 0.700. The van der Waals surface area contributed by atoms with Crippen molar-refractivity contribution < 1.29 is 14.9 Å². The number of phenolic OH excluding ortho intramolecular Hbond substituents is 1. The number of hydrogen-bond acceptors (Lipinski definition) is 4. The van der Waals surface area contributed by atoms with Crippen LogP contribution < -0.4 is 10.1 Å². The third kappa shape index (κ3) is 4.98. The van der Waals surface area contributed by atoms with Crippen LogP contribution in [0.15, 0.2) is 48.5 Å². The van der Waals surface area contributed by atoms with E-state index in [1.807, 2.05) is 49.4 Å². The van der Waals surface area contributed by atoms with Gasteiger partial charge in [0.2, 0.25) is 0 Å². The molecule has 0 aliphatic carbocycles. The zero-order chi connectivity index (χ0) is 16.7. The molecule has 2 aromatic carbocycles. The Balaban J connectivity index is 1.91. The molecule has 0 aliphatic heterocycles. The van der Waals surface area contributed by atoms with E-state index >= 15 is 0 Å². The first-order chi connectivity index (χ1) is 11.0. The van der Waals surface area contributed by atoms with Crippen molar-refractivity contribution in [2.45, 2.75) is 32.4 Å². The lowest BCUT2D eigenvalue weighted by atomic mass is 9.96. The summed E-state index contributed by atoms with van der Waals surface area (Å²) in [6, 6.07) is 14.9. The van der Waals surface area contributed by atoms with Gasteiger partial charge in [0, 0.05) is 24.7 Å². The van der Waals surface area contributed by atoms with Crippen molar-refractivity contribution in [3.63, 3.8) is 0 Å². The van der Waals surface area contributed by atoms with Crippen LogP contribution in [0.5, 0.6) is 11.5 Å². The fraction of sp³-hybridized carbons (Fsp3) is 0.368. The maximum atomic E-state index is 10.5. The third-order valence-electron chi connectivity index (χ3n) is 3.71. The van der Waals surface area contributed by atoms with Crippen LogP contribution in [0.3, 0.4) is 0 Å². The second-order valence-electron chi connectivity index (χ2n) is 5.88. The molecule has 0 bridgehead atoms. The molecule has 23 heavy (non-hydrogen) atoms. The maximum absolute atomic E-state index is 10.5. The molecule has 1 unspecified atom stereocenters. The third-order valence-corrected chi connectivity index (χ3v) is 3.71. The number of hydrogen-bond donors (Lipinski definition) is 3. The minimum Gasteiger partial charge on any atom is -0.507 e. The Morgan fingerprint density at radius 2 is 1.87 bits per heavy atom. The van der Waals surface area contributed by atoms with Gasteiger partial charge in [-0.3, -0.25) is 0 Å².